The van der Waals surface area contributed by atoms with Crippen molar-refractivity contribution in [2.75, 3.05) is 19.8 Å². The molecule has 0 saturated carbocycles. The summed E-state index contributed by atoms with van der Waals surface area (Å²) >= 11 is 5.82. The Morgan fingerprint density at radius 2 is 2.13 bits per heavy atom. The predicted molar refractivity (Wildman–Crippen MR) is 85.4 cm³/mol. The molecule has 0 unspecified atom stereocenters. The van der Waals surface area contributed by atoms with Gasteiger partial charge in [0, 0.05) is 24.6 Å². The lowest BCUT2D eigenvalue weighted by molar-refractivity contribution is -0.121. The molecule has 3 heterocycles. The summed E-state index contributed by atoms with van der Waals surface area (Å²) in [5.74, 6) is -0.550. The van der Waals surface area contributed by atoms with Crippen molar-refractivity contribution in [3.05, 3.63) is 29.2 Å². The van der Waals surface area contributed by atoms with Gasteiger partial charge in [0.1, 0.15) is 10.8 Å². The van der Waals surface area contributed by atoms with E-state index in [0.29, 0.717) is 29.6 Å². The first-order chi connectivity index (χ1) is 11.1. The molecule has 8 heteroatoms. The van der Waals surface area contributed by atoms with Crippen LogP contribution in [0.3, 0.4) is 0 Å². The average Bonchev–Trinajstić information content (AvgIpc) is 2.96. The Morgan fingerprint density at radius 3 is 2.91 bits per heavy atom. The molecule has 1 aliphatic heterocycles. The number of H-pyrrole nitrogens is 1. The lowest BCUT2D eigenvalue weighted by Crippen LogP contribution is -2.44. The molecule has 2 aromatic heterocycles. The van der Waals surface area contributed by atoms with E-state index in [0.717, 1.165) is 18.2 Å². The summed E-state index contributed by atoms with van der Waals surface area (Å²) in [6.45, 7) is 1.25. The summed E-state index contributed by atoms with van der Waals surface area (Å²) in [6, 6.07) is 3.46. The van der Waals surface area contributed by atoms with E-state index in [1.807, 2.05) is 0 Å². The zero-order chi connectivity index (χ0) is 16.2. The minimum atomic E-state index is -0.348. The monoisotopic (exact) mass is 336 g/mol. The number of ether oxygens (including phenoxy) is 1. The van der Waals surface area contributed by atoms with Crippen LogP contribution in [0.1, 0.15) is 23.3 Å². The van der Waals surface area contributed by atoms with E-state index in [1.54, 1.807) is 18.3 Å². The lowest BCUT2D eigenvalue weighted by atomic mass is 10.1. The third-order valence-electron chi connectivity index (χ3n) is 3.71. The first-order valence-corrected chi connectivity index (χ1v) is 7.79. The summed E-state index contributed by atoms with van der Waals surface area (Å²) in [6.07, 6.45) is 3.16. The quantitative estimate of drug-likeness (QED) is 0.732. The van der Waals surface area contributed by atoms with Gasteiger partial charge in [-0.15, -0.1) is 0 Å². The summed E-state index contributed by atoms with van der Waals surface area (Å²) in [4.78, 5) is 30.9. The Bertz CT molecular complexity index is 725. The summed E-state index contributed by atoms with van der Waals surface area (Å²) < 4.78 is 5.23. The highest BCUT2D eigenvalue weighted by Gasteiger charge is 2.17. The van der Waals surface area contributed by atoms with Crippen molar-refractivity contribution >= 4 is 34.3 Å². The van der Waals surface area contributed by atoms with Crippen LogP contribution in [0.5, 0.6) is 0 Å². The summed E-state index contributed by atoms with van der Waals surface area (Å²) in [7, 11) is 0. The summed E-state index contributed by atoms with van der Waals surface area (Å²) in [5, 5.41) is 6.64. The number of aromatic nitrogens is 2. The van der Waals surface area contributed by atoms with Crippen molar-refractivity contribution in [1.29, 1.82) is 0 Å². The van der Waals surface area contributed by atoms with E-state index in [9.17, 15) is 9.59 Å². The third-order valence-corrected chi connectivity index (χ3v) is 3.92. The molecule has 0 atom stereocenters. The van der Waals surface area contributed by atoms with Crippen LogP contribution < -0.4 is 10.6 Å². The van der Waals surface area contributed by atoms with Gasteiger partial charge in [0.2, 0.25) is 5.91 Å². The minimum absolute atomic E-state index is 0.0649. The van der Waals surface area contributed by atoms with Gasteiger partial charge in [0.15, 0.2) is 0 Å². The smallest absolute Gasteiger partial charge is 0.268 e. The second-order valence-corrected chi connectivity index (χ2v) is 5.80. The van der Waals surface area contributed by atoms with Crippen molar-refractivity contribution < 1.29 is 14.3 Å². The molecule has 7 nitrogen and oxygen atoms in total. The van der Waals surface area contributed by atoms with Crippen LogP contribution in [0.4, 0.5) is 0 Å². The molecule has 3 N–H and O–H groups in total. The van der Waals surface area contributed by atoms with E-state index < -0.39 is 0 Å². The number of nitrogens with one attached hydrogen (secondary N) is 3. The molecule has 2 aromatic rings. The molecule has 0 radical (unpaired) electrons. The number of amides is 2. The van der Waals surface area contributed by atoms with Crippen LogP contribution in [-0.4, -0.2) is 47.6 Å². The molecule has 1 saturated heterocycles. The normalized spacial score (nSPS) is 15.5. The van der Waals surface area contributed by atoms with E-state index >= 15 is 0 Å². The SMILES string of the molecule is O=C(CNC(=O)c1cc2cc(Cl)ncc2[nH]1)NC1CCOCC1. The highest BCUT2D eigenvalue weighted by atomic mass is 35.5. The van der Waals surface area contributed by atoms with Gasteiger partial charge >= 0.3 is 0 Å². The lowest BCUT2D eigenvalue weighted by Gasteiger charge is -2.23. The van der Waals surface area contributed by atoms with Crippen molar-refractivity contribution in [2.45, 2.75) is 18.9 Å². The molecule has 2 amide bonds. The Hall–Kier alpha value is -2.12. The first kappa shape index (κ1) is 15.8. The number of fused-ring (bicyclic) bond motifs is 1. The zero-order valence-corrected chi connectivity index (χ0v) is 13.2. The van der Waals surface area contributed by atoms with Crippen molar-refractivity contribution in [1.82, 2.24) is 20.6 Å². The maximum atomic E-state index is 12.1. The number of pyridine rings is 1. The number of rotatable bonds is 4. The Morgan fingerprint density at radius 1 is 1.35 bits per heavy atom. The standard InChI is InChI=1S/C15H17ClN4O3/c16-13-6-9-5-11(20-12(9)7-17-13)15(22)18-8-14(21)19-10-1-3-23-4-2-10/h5-7,10,20H,1-4,8H2,(H,18,22)(H,19,21). The van der Waals surface area contributed by atoms with Gasteiger partial charge in [-0.1, -0.05) is 11.6 Å². The molecule has 0 spiro atoms. The number of carbonyl (C=O) groups excluding carboxylic acids is 2. The molecule has 0 aromatic carbocycles. The second-order valence-electron chi connectivity index (χ2n) is 5.41. The number of halogens is 1. The number of carbonyl (C=O) groups is 2. The van der Waals surface area contributed by atoms with Crippen molar-refractivity contribution in [3.63, 3.8) is 0 Å². The molecule has 1 aliphatic rings. The second kappa shape index (κ2) is 6.97. The third kappa shape index (κ3) is 4.00. The molecule has 1 fully saturated rings. The highest BCUT2D eigenvalue weighted by Crippen LogP contribution is 2.17. The van der Waals surface area contributed by atoms with E-state index in [1.165, 1.54) is 0 Å². The fourth-order valence-electron chi connectivity index (χ4n) is 2.50. The Labute approximate surface area is 137 Å². The number of nitrogens with zero attached hydrogens (tertiary/aromatic N) is 1. The van der Waals surface area contributed by atoms with Crippen molar-refractivity contribution in [2.24, 2.45) is 0 Å². The number of hydrogen-bond donors (Lipinski definition) is 3. The van der Waals surface area contributed by atoms with Gasteiger partial charge in [-0.05, 0) is 25.0 Å². The minimum Gasteiger partial charge on any atom is -0.381 e. The van der Waals surface area contributed by atoms with Crippen molar-refractivity contribution in [3.8, 4) is 0 Å². The van der Waals surface area contributed by atoms with Crippen LogP contribution in [0.25, 0.3) is 10.9 Å². The van der Waals surface area contributed by atoms with Gasteiger partial charge in [0.25, 0.3) is 5.91 Å². The Balaban J connectivity index is 1.54. The molecule has 3 rings (SSSR count). The topological polar surface area (TPSA) is 96.1 Å². The Kier molecular flexibility index (Phi) is 4.78. The van der Waals surface area contributed by atoms with Crippen LogP contribution in [-0.2, 0) is 9.53 Å². The largest absolute Gasteiger partial charge is 0.381 e. The molecule has 23 heavy (non-hydrogen) atoms. The van der Waals surface area contributed by atoms with Gasteiger partial charge < -0.3 is 20.4 Å². The van der Waals surface area contributed by atoms with E-state index in [4.69, 9.17) is 16.3 Å². The zero-order valence-electron chi connectivity index (χ0n) is 12.4. The maximum absolute atomic E-state index is 12.1. The highest BCUT2D eigenvalue weighted by molar-refractivity contribution is 6.30. The first-order valence-electron chi connectivity index (χ1n) is 7.41. The van der Waals surface area contributed by atoms with Crippen LogP contribution >= 0.6 is 11.6 Å². The fraction of sp³-hybridized carbons (Fsp3) is 0.400. The molecular formula is C15H17ClN4O3. The van der Waals surface area contributed by atoms with Gasteiger partial charge in [0.05, 0.1) is 18.3 Å². The maximum Gasteiger partial charge on any atom is 0.268 e. The van der Waals surface area contributed by atoms with Gasteiger partial charge in [-0.3, -0.25) is 9.59 Å². The van der Waals surface area contributed by atoms with E-state index in [-0.39, 0.29) is 24.4 Å². The average molecular weight is 337 g/mol. The van der Waals surface area contributed by atoms with Crippen LogP contribution in [0, 0.1) is 0 Å². The molecular weight excluding hydrogens is 320 g/mol. The van der Waals surface area contributed by atoms with Gasteiger partial charge in [-0.25, -0.2) is 4.98 Å². The fourth-order valence-corrected chi connectivity index (χ4v) is 2.67. The number of aromatic amines is 1. The van der Waals surface area contributed by atoms with Crippen LogP contribution in [0.15, 0.2) is 18.3 Å². The number of hydrogen-bond acceptors (Lipinski definition) is 4. The summed E-state index contributed by atoms with van der Waals surface area (Å²) in [5.41, 5.74) is 1.08. The van der Waals surface area contributed by atoms with Crippen LogP contribution in [0.2, 0.25) is 5.15 Å². The van der Waals surface area contributed by atoms with E-state index in [2.05, 4.69) is 20.6 Å². The molecule has 0 aliphatic carbocycles. The van der Waals surface area contributed by atoms with Gasteiger partial charge in [-0.2, -0.15) is 0 Å². The predicted octanol–water partition coefficient (Wildman–Crippen LogP) is 1.24. The molecule has 0 bridgehead atoms. The molecule has 122 valence electrons.